The third-order valence-corrected chi connectivity index (χ3v) is 19.7. The van der Waals surface area contributed by atoms with Gasteiger partial charge in [-0.2, -0.15) is 0 Å². The first-order valence-electron chi connectivity index (χ1n) is 38.3. The SMILES string of the molecule is CCC(C)CCCCCCCCCCCCC(=O)O[C@H](COC(=O)CCCCCCCCC(C)CC)COP(=O)(O)OC[C@H](O)COP(=O)(O)OC[C@@H](COC(=O)CCCCCCCCCCCC(C)C)OC(=O)CCCCCCCCCCCCCCCCC(C)C. The van der Waals surface area contributed by atoms with Gasteiger partial charge in [0.15, 0.2) is 12.2 Å². The molecular weight excluding hydrogens is 1220 g/mol. The predicted molar refractivity (Wildman–Crippen MR) is 377 cm³/mol. The van der Waals surface area contributed by atoms with Crippen LogP contribution in [0.15, 0.2) is 0 Å². The maximum atomic E-state index is 13.1. The van der Waals surface area contributed by atoms with E-state index in [1.807, 2.05) is 0 Å². The topological polar surface area (TPSA) is 237 Å². The second-order valence-electron chi connectivity index (χ2n) is 28.1. The van der Waals surface area contributed by atoms with Crippen molar-refractivity contribution in [2.75, 3.05) is 39.6 Å². The fourth-order valence-corrected chi connectivity index (χ4v) is 12.7. The van der Waals surface area contributed by atoms with Crippen molar-refractivity contribution in [3.8, 4) is 0 Å². The van der Waals surface area contributed by atoms with Gasteiger partial charge in [0, 0.05) is 25.7 Å². The Hall–Kier alpha value is -1.94. The van der Waals surface area contributed by atoms with Crippen LogP contribution in [0.2, 0.25) is 0 Å². The molecule has 0 saturated carbocycles. The normalized spacial score (nSPS) is 14.8. The Morgan fingerprint density at radius 3 is 0.763 bits per heavy atom. The highest BCUT2D eigenvalue weighted by atomic mass is 31.2. The van der Waals surface area contributed by atoms with Crippen LogP contribution in [0.4, 0.5) is 0 Å². The molecule has 552 valence electrons. The Kier molecular flexibility index (Phi) is 62.2. The Labute approximate surface area is 568 Å². The minimum absolute atomic E-state index is 0.105. The summed E-state index contributed by atoms with van der Waals surface area (Å²) in [5, 5.41) is 10.6. The first-order chi connectivity index (χ1) is 44.7. The van der Waals surface area contributed by atoms with Crippen LogP contribution < -0.4 is 0 Å². The summed E-state index contributed by atoms with van der Waals surface area (Å²) in [4.78, 5) is 72.7. The van der Waals surface area contributed by atoms with Gasteiger partial charge in [0.1, 0.15) is 19.3 Å². The van der Waals surface area contributed by atoms with Crippen LogP contribution in [0.25, 0.3) is 0 Å². The average molecular weight is 1370 g/mol. The Morgan fingerprint density at radius 2 is 0.516 bits per heavy atom. The summed E-state index contributed by atoms with van der Waals surface area (Å²) in [6.45, 7) is 14.2. The number of rotatable bonds is 71. The van der Waals surface area contributed by atoms with Crippen LogP contribution in [0.5, 0.6) is 0 Å². The minimum Gasteiger partial charge on any atom is -0.462 e. The van der Waals surface area contributed by atoms with Crippen LogP contribution >= 0.6 is 15.6 Å². The van der Waals surface area contributed by atoms with Crippen molar-refractivity contribution in [1.29, 1.82) is 0 Å². The molecule has 0 aliphatic carbocycles. The van der Waals surface area contributed by atoms with Crippen LogP contribution in [0.3, 0.4) is 0 Å². The largest absolute Gasteiger partial charge is 0.472 e. The molecule has 0 aliphatic rings. The minimum atomic E-state index is -4.96. The number of carbonyl (C=O) groups is 4. The number of esters is 4. The molecule has 93 heavy (non-hydrogen) atoms. The number of phosphoric acid groups is 2. The summed E-state index contributed by atoms with van der Waals surface area (Å²) in [7, 11) is -9.91. The van der Waals surface area contributed by atoms with E-state index in [2.05, 4.69) is 55.4 Å². The van der Waals surface area contributed by atoms with E-state index < -0.39 is 97.5 Å². The van der Waals surface area contributed by atoms with Crippen LogP contribution in [-0.2, 0) is 65.4 Å². The quantitative estimate of drug-likeness (QED) is 0.0222. The number of hydrogen-bond acceptors (Lipinski definition) is 15. The van der Waals surface area contributed by atoms with Gasteiger partial charge in [0.2, 0.25) is 0 Å². The molecule has 19 heteroatoms. The van der Waals surface area contributed by atoms with Crippen molar-refractivity contribution in [3.05, 3.63) is 0 Å². The number of phosphoric ester groups is 2. The van der Waals surface area contributed by atoms with Crippen LogP contribution in [0.1, 0.15) is 370 Å². The molecular formula is C74H144O17P2. The Bertz CT molecular complexity index is 1840. The number of aliphatic hydroxyl groups excluding tert-OH is 1. The number of hydrogen-bond donors (Lipinski definition) is 3. The van der Waals surface area contributed by atoms with Crippen molar-refractivity contribution in [2.24, 2.45) is 23.7 Å². The molecule has 0 heterocycles. The highest BCUT2D eigenvalue weighted by Gasteiger charge is 2.30. The van der Waals surface area contributed by atoms with E-state index in [1.54, 1.807) is 0 Å². The highest BCUT2D eigenvalue weighted by Crippen LogP contribution is 2.45. The summed E-state index contributed by atoms with van der Waals surface area (Å²) in [6, 6.07) is 0. The van der Waals surface area contributed by atoms with Crippen LogP contribution in [0, 0.1) is 23.7 Å². The van der Waals surface area contributed by atoms with E-state index in [9.17, 15) is 43.2 Å². The number of aliphatic hydroxyl groups is 1. The van der Waals surface area contributed by atoms with E-state index >= 15 is 0 Å². The van der Waals surface area contributed by atoms with Crippen LogP contribution in [-0.4, -0.2) is 96.7 Å². The first-order valence-corrected chi connectivity index (χ1v) is 41.3. The van der Waals surface area contributed by atoms with Crippen molar-refractivity contribution >= 4 is 39.5 Å². The lowest BCUT2D eigenvalue weighted by atomic mass is 9.99. The standard InChI is InChI=1S/C74H144O17P2/c1-9-66(7)52-44-36-28-22-17-18-24-31-41-49-57-74(79)91-70(61-85-72(77)55-47-39-33-32-37-45-53-67(8)10-2)63-89-93(82,83)87-59-68(75)58-86-92(80,81)88-62-69(60-84-71(76)54-46-38-29-25-19-21-27-35-43-51-65(5)6)90-73(78)56-48-40-30-23-16-14-12-11-13-15-20-26-34-42-50-64(3)4/h64-70,75H,9-63H2,1-8H3,(H,80,81)(H,82,83)/t66?,67?,68-,69-,70-/m1/s1. The van der Waals surface area contributed by atoms with Crippen molar-refractivity contribution < 1.29 is 80.2 Å². The lowest BCUT2D eigenvalue weighted by molar-refractivity contribution is -0.161. The van der Waals surface area contributed by atoms with Gasteiger partial charge < -0.3 is 33.8 Å². The van der Waals surface area contributed by atoms with Crippen molar-refractivity contribution in [2.45, 2.75) is 388 Å². The van der Waals surface area contributed by atoms with E-state index in [0.29, 0.717) is 25.7 Å². The maximum absolute atomic E-state index is 13.1. The summed E-state index contributed by atoms with van der Waals surface area (Å²) in [5.74, 6) is 0.948. The molecule has 0 aromatic heterocycles. The van der Waals surface area contributed by atoms with Crippen molar-refractivity contribution in [1.82, 2.24) is 0 Å². The Morgan fingerprint density at radius 1 is 0.301 bits per heavy atom. The third-order valence-electron chi connectivity index (χ3n) is 17.8. The van der Waals surface area contributed by atoms with Gasteiger partial charge in [0.05, 0.1) is 26.4 Å². The first kappa shape index (κ1) is 91.1. The zero-order chi connectivity index (χ0) is 68.9. The fourth-order valence-electron chi connectivity index (χ4n) is 11.1. The molecule has 0 aromatic rings. The molecule has 0 fully saturated rings. The molecule has 0 bridgehead atoms. The fraction of sp³-hybridized carbons (Fsp3) is 0.946. The second-order valence-corrected chi connectivity index (χ2v) is 31.0. The molecule has 0 radical (unpaired) electrons. The average Bonchev–Trinajstić information content (AvgIpc) is 1.53. The number of carbonyl (C=O) groups excluding carboxylic acids is 4. The molecule has 0 spiro atoms. The van der Waals surface area contributed by atoms with Gasteiger partial charge in [-0.1, -0.05) is 319 Å². The molecule has 0 saturated heterocycles. The summed E-state index contributed by atoms with van der Waals surface area (Å²) >= 11 is 0. The number of ether oxygens (including phenoxy) is 4. The monoisotopic (exact) mass is 1370 g/mol. The molecule has 0 aliphatic heterocycles. The summed E-state index contributed by atoms with van der Waals surface area (Å²) in [5.41, 5.74) is 0. The molecule has 3 N–H and O–H groups in total. The second kappa shape index (κ2) is 63.5. The zero-order valence-electron chi connectivity index (χ0n) is 60.9. The molecule has 4 unspecified atom stereocenters. The molecule has 0 rings (SSSR count). The van der Waals surface area contributed by atoms with E-state index in [1.165, 1.54) is 167 Å². The van der Waals surface area contributed by atoms with E-state index in [-0.39, 0.29) is 25.7 Å². The van der Waals surface area contributed by atoms with Gasteiger partial charge in [0.25, 0.3) is 0 Å². The highest BCUT2D eigenvalue weighted by molar-refractivity contribution is 7.47. The lowest BCUT2D eigenvalue weighted by Gasteiger charge is -2.21. The van der Waals surface area contributed by atoms with Gasteiger partial charge in [-0.05, 0) is 49.4 Å². The summed E-state index contributed by atoms with van der Waals surface area (Å²) < 4.78 is 68.5. The molecule has 17 nitrogen and oxygen atoms in total. The molecule has 7 atom stereocenters. The smallest absolute Gasteiger partial charge is 0.462 e. The number of unbranched alkanes of at least 4 members (excludes halogenated alkanes) is 35. The summed E-state index contributed by atoms with van der Waals surface area (Å²) in [6.07, 6.45) is 47.1. The van der Waals surface area contributed by atoms with E-state index in [0.717, 1.165) is 120 Å². The van der Waals surface area contributed by atoms with Gasteiger partial charge >= 0.3 is 39.5 Å². The van der Waals surface area contributed by atoms with Crippen molar-refractivity contribution in [3.63, 3.8) is 0 Å². The third kappa shape index (κ3) is 65.8. The lowest BCUT2D eigenvalue weighted by Crippen LogP contribution is -2.30. The maximum Gasteiger partial charge on any atom is 0.472 e. The molecule has 0 amide bonds. The predicted octanol–water partition coefficient (Wildman–Crippen LogP) is 21.3. The van der Waals surface area contributed by atoms with Gasteiger partial charge in [-0.3, -0.25) is 37.3 Å². The molecule has 0 aromatic carbocycles. The van der Waals surface area contributed by atoms with E-state index in [4.69, 9.17) is 37.0 Å². The van der Waals surface area contributed by atoms with Gasteiger partial charge in [-0.15, -0.1) is 0 Å². The van der Waals surface area contributed by atoms with Gasteiger partial charge in [-0.25, -0.2) is 9.13 Å². The Balaban J connectivity index is 5.26. The zero-order valence-corrected chi connectivity index (χ0v) is 62.7.